The van der Waals surface area contributed by atoms with Crippen molar-refractivity contribution in [1.29, 1.82) is 0 Å². The number of nitrogens with one attached hydrogen (secondary N) is 1. The Balaban J connectivity index is 1.68. The van der Waals surface area contributed by atoms with Crippen molar-refractivity contribution in [3.8, 4) is 5.69 Å². The number of carbonyl (C=O) groups excluding carboxylic acids is 2. The van der Waals surface area contributed by atoms with E-state index in [0.717, 1.165) is 42.1 Å². The largest absolute Gasteiger partial charge is 0.369 e. The van der Waals surface area contributed by atoms with Crippen LogP contribution in [0.15, 0.2) is 30.3 Å². The number of hydrogen-bond acceptors (Lipinski definition) is 4. The van der Waals surface area contributed by atoms with Gasteiger partial charge in [0, 0.05) is 6.54 Å². The van der Waals surface area contributed by atoms with Gasteiger partial charge in [0.1, 0.15) is 0 Å². The molecular weight excluding hydrogens is 330 g/mol. The van der Waals surface area contributed by atoms with Crippen LogP contribution in [0, 0.1) is 19.8 Å². The van der Waals surface area contributed by atoms with Crippen LogP contribution in [0.4, 0.5) is 5.69 Å². The Morgan fingerprint density at radius 2 is 2.00 bits per heavy atom. The molecule has 1 aromatic heterocycles. The summed E-state index contributed by atoms with van der Waals surface area (Å²) in [4.78, 5) is 25.9. The van der Waals surface area contributed by atoms with Crippen molar-refractivity contribution >= 4 is 17.5 Å². The molecule has 1 aromatic carbocycles. The van der Waals surface area contributed by atoms with Gasteiger partial charge in [-0.2, -0.15) is 5.10 Å². The third-order valence-electron chi connectivity index (χ3n) is 4.83. The van der Waals surface area contributed by atoms with Crippen molar-refractivity contribution in [2.45, 2.75) is 26.7 Å². The maximum atomic E-state index is 12.5. The highest BCUT2D eigenvalue weighted by atomic mass is 16.2. The average molecular weight is 355 g/mol. The Labute approximate surface area is 153 Å². The van der Waals surface area contributed by atoms with E-state index in [2.05, 4.69) is 10.4 Å². The monoisotopic (exact) mass is 355 g/mol. The minimum absolute atomic E-state index is 0.103. The van der Waals surface area contributed by atoms with Crippen LogP contribution in [-0.4, -0.2) is 46.1 Å². The molecule has 3 rings (SSSR count). The molecule has 0 spiro atoms. The second-order valence-corrected chi connectivity index (χ2v) is 6.82. The number of carbonyl (C=O) groups is 2. The van der Waals surface area contributed by atoms with Gasteiger partial charge >= 0.3 is 0 Å². The van der Waals surface area contributed by atoms with Crippen molar-refractivity contribution in [2.24, 2.45) is 11.7 Å². The quantitative estimate of drug-likeness (QED) is 0.852. The number of para-hydroxylation sites is 1. The first kappa shape index (κ1) is 18.1. The zero-order valence-electron chi connectivity index (χ0n) is 15.2. The SMILES string of the molecule is Cc1nn(-c2ccccc2)c(C)c1NC(=O)CN1CCC[C@H](C(N)=O)C1. The number of aryl methyl sites for hydroxylation is 1. The zero-order valence-corrected chi connectivity index (χ0v) is 15.2. The number of rotatable bonds is 5. The molecule has 3 N–H and O–H groups in total. The molecule has 2 aromatic rings. The number of anilines is 1. The van der Waals surface area contributed by atoms with E-state index in [1.807, 2.05) is 53.8 Å². The lowest BCUT2D eigenvalue weighted by Gasteiger charge is -2.30. The number of primary amides is 1. The van der Waals surface area contributed by atoms with Gasteiger partial charge in [0.05, 0.1) is 35.2 Å². The fraction of sp³-hybridized carbons (Fsp3) is 0.421. The number of hydrogen-bond donors (Lipinski definition) is 2. The molecule has 138 valence electrons. The van der Waals surface area contributed by atoms with Crippen LogP contribution in [0.25, 0.3) is 5.69 Å². The summed E-state index contributed by atoms with van der Waals surface area (Å²) >= 11 is 0. The highest BCUT2D eigenvalue weighted by Gasteiger charge is 2.25. The van der Waals surface area contributed by atoms with Gasteiger partial charge in [-0.1, -0.05) is 18.2 Å². The highest BCUT2D eigenvalue weighted by Crippen LogP contribution is 2.23. The van der Waals surface area contributed by atoms with Gasteiger partial charge in [0.15, 0.2) is 0 Å². The fourth-order valence-corrected chi connectivity index (χ4v) is 3.46. The molecule has 1 aliphatic rings. The summed E-state index contributed by atoms with van der Waals surface area (Å²) in [6.45, 7) is 5.42. The van der Waals surface area contributed by atoms with Crippen molar-refractivity contribution in [2.75, 3.05) is 25.0 Å². The molecular formula is C19H25N5O2. The molecule has 1 aliphatic heterocycles. The van der Waals surface area contributed by atoms with E-state index in [1.54, 1.807) is 0 Å². The van der Waals surface area contributed by atoms with Crippen LogP contribution >= 0.6 is 0 Å². The van der Waals surface area contributed by atoms with E-state index in [1.165, 1.54) is 0 Å². The predicted molar refractivity (Wildman–Crippen MR) is 100 cm³/mol. The Bertz CT molecular complexity index is 800. The summed E-state index contributed by atoms with van der Waals surface area (Å²) in [5, 5.41) is 7.52. The van der Waals surface area contributed by atoms with Crippen molar-refractivity contribution in [3.05, 3.63) is 41.7 Å². The summed E-state index contributed by atoms with van der Waals surface area (Å²) in [7, 11) is 0. The van der Waals surface area contributed by atoms with E-state index in [0.29, 0.717) is 6.54 Å². The molecule has 1 atom stereocenters. The van der Waals surface area contributed by atoms with Crippen LogP contribution < -0.4 is 11.1 Å². The third kappa shape index (κ3) is 3.94. The van der Waals surface area contributed by atoms with Crippen LogP contribution in [0.2, 0.25) is 0 Å². The number of nitrogens with zero attached hydrogens (tertiary/aromatic N) is 3. The smallest absolute Gasteiger partial charge is 0.238 e. The molecule has 0 saturated carbocycles. The molecule has 0 radical (unpaired) electrons. The van der Waals surface area contributed by atoms with Gasteiger partial charge < -0.3 is 11.1 Å². The Morgan fingerprint density at radius 1 is 1.27 bits per heavy atom. The predicted octanol–water partition coefficient (Wildman–Crippen LogP) is 1.62. The standard InChI is InChI=1S/C19H25N5O2/c1-13-18(14(2)24(22-13)16-8-4-3-5-9-16)21-17(25)12-23-10-6-7-15(11-23)19(20)26/h3-5,8-9,15H,6-7,10-12H2,1-2H3,(H2,20,26)(H,21,25)/t15-/m0/s1. The van der Waals surface area contributed by atoms with Gasteiger partial charge in [-0.3, -0.25) is 14.5 Å². The normalized spacial score (nSPS) is 17.8. The van der Waals surface area contributed by atoms with E-state index < -0.39 is 0 Å². The number of aromatic nitrogens is 2. The maximum Gasteiger partial charge on any atom is 0.238 e. The second kappa shape index (κ2) is 7.70. The first-order valence-corrected chi connectivity index (χ1v) is 8.89. The minimum atomic E-state index is -0.286. The highest BCUT2D eigenvalue weighted by molar-refractivity contribution is 5.93. The summed E-state index contributed by atoms with van der Waals surface area (Å²) in [5.74, 6) is -0.555. The first-order valence-electron chi connectivity index (χ1n) is 8.89. The summed E-state index contributed by atoms with van der Waals surface area (Å²) in [6, 6.07) is 9.81. The number of amides is 2. The average Bonchev–Trinajstić information content (AvgIpc) is 2.91. The van der Waals surface area contributed by atoms with Crippen molar-refractivity contribution in [3.63, 3.8) is 0 Å². The molecule has 7 nitrogen and oxygen atoms in total. The third-order valence-corrected chi connectivity index (χ3v) is 4.83. The molecule has 0 unspecified atom stereocenters. The molecule has 26 heavy (non-hydrogen) atoms. The molecule has 0 bridgehead atoms. The molecule has 1 fully saturated rings. The van der Waals surface area contributed by atoms with Crippen LogP contribution in [0.1, 0.15) is 24.2 Å². The number of piperidine rings is 1. The van der Waals surface area contributed by atoms with E-state index in [4.69, 9.17) is 5.73 Å². The molecule has 2 amide bonds. The lowest BCUT2D eigenvalue weighted by Crippen LogP contribution is -2.44. The van der Waals surface area contributed by atoms with Gasteiger partial charge in [-0.25, -0.2) is 4.68 Å². The summed E-state index contributed by atoms with van der Waals surface area (Å²) < 4.78 is 1.83. The fourth-order valence-electron chi connectivity index (χ4n) is 3.46. The van der Waals surface area contributed by atoms with Gasteiger partial charge in [-0.15, -0.1) is 0 Å². The second-order valence-electron chi connectivity index (χ2n) is 6.82. The van der Waals surface area contributed by atoms with Crippen LogP contribution in [-0.2, 0) is 9.59 Å². The Kier molecular flexibility index (Phi) is 5.37. The topological polar surface area (TPSA) is 93.2 Å². The Morgan fingerprint density at radius 3 is 2.69 bits per heavy atom. The molecule has 7 heteroatoms. The van der Waals surface area contributed by atoms with E-state index in [-0.39, 0.29) is 24.3 Å². The number of nitrogens with two attached hydrogens (primary N) is 1. The summed E-state index contributed by atoms with van der Waals surface area (Å²) in [5.41, 5.74) is 8.75. The van der Waals surface area contributed by atoms with Crippen LogP contribution in [0.3, 0.4) is 0 Å². The number of likely N-dealkylation sites (tertiary alicyclic amines) is 1. The summed E-state index contributed by atoms with van der Waals surface area (Å²) in [6.07, 6.45) is 1.68. The van der Waals surface area contributed by atoms with Crippen molar-refractivity contribution < 1.29 is 9.59 Å². The zero-order chi connectivity index (χ0) is 18.7. The maximum absolute atomic E-state index is 12.5. The van der Waals surface area contributed by atoms with Crippen molar-refractivity contribution in [1.82, 2.24) is 14.7 Å². The molecule has 0 aliphatic carbocycles. The van der Waals surface area contributed by atoms with Gasteiger partial charge in [0.25, 0.3) is 0 Å². The van der Waals surface area contributed by atoms with Crippen LogP contribution in [0.5, 0.6) is 0 Å². The lowest BCUT2D eigenvalue weighted by molar-refractivity contribution is -0.125. The molecule has 1 saturated heterocycles. The minimum Gasteiger partial charge on any atom is -0.369 e. The lowest BCUT2D eigenvalue weighted by atomic mass is 9.97. The first-order chi connectivity index (χ1) is 12.5. The Hall–Kier alpha value is -2.67. The molecule has 2 heterocycles. The number of benzene rings is 1. The van der Waals surface area contributed by atoms with Gasteiger partial charge in [-0.05, 0) is 45.4 Å². The van der Waals surface area contributed by atoms with E-state index in [9.17, 15) is 9.59 Å². The van der Waals surface area contributed by atoms with Gasteiger partial charge in [0.2, 0.25) is 11.8 Å². The van der Waals surface area contributed by atoms with E-state index >= 15 is 0 Å².